The maximum atomic E-state index is 12.5. The van der Waals surface area contributed by atoms with Gasteiger partial charge in [0.15, 0.2) is 0 Å². The molecule has 1 fully saturated rings. The van der Waals surface area contributed by atoms with E-state index in [2.05, 4.69) is 10.1 Å². The molecule has 0 bridgehead atoms. The van der Waals surface area contributed by atoms with Crippen LogP contribution < -0.4 is 0 Å². The highest BCUT2D eigenvalue weighted by Gasteiger charge is 2.40. The van der Waals surface area contributed by atoms with E-state index in [9.17, 15) is 8.42 Å². The number of sulfonamides is 1. The van der Waals surface area contributed by atoms with Crippen LogP contribution in [0, 0.1) is 0 Å². The van der Waals surface area contributed by atoms with Crippen LogP contribution in [0.15, 0.2) is 64.0 Å². The fourth-order valence-corrected chi connectivity index (χ4v) is 4.31. The smallest absolute Gasteiger partial charge is 0.243 e. The Balaban J connectivity index is 1.47. The molecular formula is C17H14ClN3O3S. The Morgan fingerprint density at radius 3 is 2.40 bits per heavy atom. The summed E-state index contributed by atoms with van der Waals surface area (Å²) < 4.78 is 31.8. The van der Waals surface area contributed by atoms with Gasteiger partial charge in [0, 0.05) is 23.7 Å². The molecule has 4 rings (SSSR count). The summed E-state index contributed by atoms with van der Waals surface area (Å²) in [5.41, 5.74) is 0.863. The molecule has 1 aliphatic heterocycles. The SMILES string of the molecule is O=S(=O)(c1ccc(Cl)cc1)N1CC(c2nc(-c3ccccc3)no2)C1. The Labute approximate surface area is 150 Å². The van der Waals surface area contributed by atoms with Crippen molar-refractivity contribution in [2.24, 2.45) is 0 Å². The first-order valence-corrected chi connectivity index (χ1v) is 9.50. The molecule has 2 heterocycles. The second kappa shape index (κ2) is 6.25. The second-order valence-electron chi connectivity index (χ2n) is 5.80. The van der Waals surface area contributed by atoms with Gasteiger partial charge in [-0.2, -0.15) is 9.29 Å². The van der Waals surface area contributed by atoms with Crippen LogP contribution in [-0.2, 0) is 10.0 Å². The van der Waals surface area contributed by atoms with E-state index in [1.54, 1.807) is 12.1 Å². The summed E-state index contributed by atoms with van der Waals surface area (Å²) in [6, 6.07) is 15.6. The first-order chi connectivity index (χ1) is 12.0. The molecule has 6 nitrogen and oxygen atoms in total. The Bertz CT molecular complexity index is 981. The van der Waals surface area contributed by atoms with Crippen LogP contribution >= 0.6 is 11.6 Å². The Hall–Kier alpha value is -2.22. The molecule has 0 unspecified atom stereocenters. The second-order valence-corrected chi connectivity index (χ2v) is 8.17. The number of aromatic nitrogens is 2. The molecular weight excluding hydrogens is 362 g/mol. The molecule has 8 heteroatoms. The minimum absolute atomic E-state index is 0.0907. The Morgan fingerprint density at radius 1 is 1.04 bits per heavy atom. The number of halogens is 1. The summed E-state index contributed by atoms with van der Waals surface area (Å²) in [6.07, 6.45) is 0. The fourth-order valence-electron chi connectivity index (χ4n) is 2.65. The summed E-state index contributed by atoms with van der Waals surface area (Å²) >= 11 is 5.81. The normalized spacial score (nSPS) is 15.9. The van der Waals surface area contributed by atoms with Crippen molar-refractivity contribution in [3.63, 3.8) is 0 Å². The average molecular weight is 376 g/mol. The molecule has 1 saturated heterocycles. The van der Waals surface area contributed by atoms with E-state index >= 15 is 0 Å². The van der Waals surface area contributed by atoms with Gasteiger partial charge in [0.05, 0.1) is 10.8 Å². The van der Waals surface area contributed by atoms with E-state index in [4.69, 9.17) is 16.1 Å². The Kier molecular flexibility index (Phi) is 4.07. The monoisotopic (exact) mass is 375 g/mol. The summed E-state index contributed by atoms with van der Waals surface area (Å²) in [5, 5.41) is 4.48. The molecule has 0 spiro atoms. The van der Waals surface area contributed by atoms with Crippen LogP contribution in [0.1, 0.15) is 11.8 Å². The van der Waals surface area contributed by atoms with Crippen molar-refractivity contribution in [2.45, 2.75) is 10.8 Å². The molecule has 0 saturated carbocycles. The third-order valence-corrected chi connectivity index (χ3v) is 6.22. The Morgan fingerprint density at radius 2 is 1.72 bits per heavy atom. The molecule has 0 atom stereocenters. The lowest BCUT2D eigenvalue weighted by Crippen LogP contribution is -2.48. The number of hydrogen-bond acceptors (Lipinski definition) is 5. The van der Waals surface area contributed by atoms with Gasteiger partial charge >= 0.3 is 0 Å². The third-order valence-electron chi connectivity index (χ3n) is 4.12. The van der Waals surface area contributed by atoms with E-state index in [0.717, 1.165) is 5.56 Å². The highest BCUT2D eigenvalue weighted by Crippen LogP contribution is 2.32. The number of benzene rings is 2. The standard InChI is InChI=1S/C17H14ClN3O3S/c18-14-6-8-15(9-7-14)25(22,23)21-10-13(11-21)17-19-16(20-24-17)12-4-2-1-3-5-12/h1-9,13H,10-11H2. The summed E-state index contributed by atoms with van der Waals surface area (Å²) in [4.78, 5) is 4.61. The van der Waals surface area contributed by atoms with Gasteiger partial charge in [-0.3, -0.25) is 0 Å². The van der Waals surface area contributed by atoms with Crippen LogP contribution in [0.4, 0.5) is 0 Å². The maximum Gasteiger partial charge on any atom is 0.243 e. The lowest BCUT2D eigenvalue weighted by Gasteiger charge is -2.35. The van der Waals surface area contributed by atoms with Crippen molar-refractivity contribution >= 4 is 21.6 Å². The van der Waals surface area contributed by atoms with Crippen LogP contribution in [0.2, 0.25) is 5.02 Å². The van der Waals surface area contributed by atoms with Gasteiger partial charge < -0.3 is 4.52 Å². The predicted molar refractivity (Wildman–Crippen MR) is 92.7 cm³/mol. The third kappa shape index (κ3) is 3.06. The molecule has 2 aromatic carbocycles. The zero-order valence-corrected chi connectivity index (χ0v) is 14.6. The van der Waals surface area contributed by atoms with E-state index in [1.807, 2.05) is 30.3 Å². The largest absolute Gasteiger partial charge is 0.339 e. The molecule has 0 aliphatic carbocycles. The zero-order valence-electron chi connectivity index (χ0n) is 13.0. The van der Waals surface area contributed by atoms with Gasteiger partial charge in [-0.1, -0.05) is 47.1 Å². The van der Waals surface area contributed by atoms with E-state index in [0.29, 0.717) is 29.8 Å². The van der Waals surface area contributed by atoms with Gasteiger partial charge in [-0.05, 0) is 24.3 Å². The zero-order chi connectivity index (χ0) is 17.4. The van der Waals surface area contributed by atoms with Crippen molar-refractivity contribution in [1.29, 1.82) is 0 Å². The summed E-state index contributed by atoms with van der Waals surface area (Å²) in [7, 11) is -3.52. The summed E-state index contributed by atoms with van der Waals surface area (Å²) in [5.74, 6) is 0.878. The van der Waals surface area contributed by atoms with Gasteiger partial charge in [0.1, 0.15) is 0 Å². The van der Waals surface area contributed by atoms with Crippen LogP contribution in [0.3, 0.4) is 0 Å². The van der Waals surface area contributed by atoms with Crippen LogP contribution in [-0.4, -0.2) is 36.0 Å². The molecule has 1 aromatic heterocycles. The molecule has 3 aromatic rings. The molecule has 25 heavy (non-hydrogen) atoms. The van der Waals surface area contributed by atoms with Crippen molar-refractivity contribution in [2.75, 3.05) is 13.1 Å². The molecule has 0 radical (unpaired) electrons. The van der Waals surface area contributed by atoms with Gasteiger partial charge in [-0.15, -0.1) is 0 Å². The van der Waals surface area contributed by atoms with Gasteiger partial charge in [0.25, 0.3) is 0 Å². The number of rotatable bonds is 4. The minimum Gasteiger partial charge on any atom is -0.339 e. The average Bonchev–Trinajstić information content (AvgIpc) is 3.04. The van der Waals surface area contributed by atoms with Gasteiger partial charge in [-0.25, -0.2) is 8.42 Å². The lowest BCUT2D eigenvalue weighted by atomic mass is 10.0. The first-order valence-electron chi connectivity index (χ1n) is 7.69. The van der Waals surface area contributed by atoms with Crippen LogP contribution in [0.5, 0.6) is 0 Å². The summed E-state index contributed by atoms with van der Waals surface area (Å²) in [6.45, 7) is 0.642. The van der Waals surface area contributed by atoms with E-state index < -0.39 is 10.0 Å². The minimum atomic E-state index is -3.52. The van der Waals surface area contributed by atoms with E-state index in [-0.39, 0.29) is 10.8 Å². The van der Waals surface area contributed by atoms with Crippen LogP contribution in [0.25, 0.3) is 11.4 Å². The molecule has 1 aliphatic rings. The predicted octanol–water partition coefficient (Wildman–Crippen LogP) is 3.18. The first kappa shape index (κ1) is 16.3. The highest BCUT2D eigenvalue weighted by atomic mass is 35.5. The van der Waals surface area contributed by atoms with Gasteiger partial charge in [0.2, 0.25) is 21.7 Å². The van der Waals surface area contributed by atoms with E-state index in [1.165, 1.54) is 16.4 Å². The maximum absolute atomic E-state index is 12.5. The van der Waals surface area contributed by atoms with Crippen molar-refractivity contribution < 1.29 is 12.9 Å². The fraction of sp³-hybridized carbons (Fsp3) is 0.176. The quantitative estimate of drug-likeness (QED) is 0.700. The lowest BCUT2D eigenvalue weighted by molar-refractivity contribution is 0.217. The topological polar surface area (TPSA) is 76.3 Å². The highest BCUT2D eigenvalue weighted by molar-refractivity contribution is 7.89. The van der Waals surface area contributed by atoms with Crippen molar-refractivity contribution in [1.82, 2.24) is 14.4 Å². The number of nitrogens with zero attached hydrogens (tertiary/aromatic N) is 3. The molecule has 0 N–H and O–H groups in total. The van der Waals surface area contributed by atoms with Crippen molar-refractivity contribution in [3.8, 4) is 11.4 Å². The molecule has 0 amide bonds. The van der Waals surface area contributed by atoms with Crippen molar-refractivity contribution in [3.05, 3.63) is 65.5 Å². The number of hydrogen-bond donors (Lipinski definition) is 0. The molecule has 128 valence electrons.